The topological polar surface area (TPSA) is 76.4 Å². The number of rotatable bonds is 7. The van der Waals surface area contributed by atoms with Crippen LogP contribution < -0.4 is 11.1 Å². The Morgan fingerprint density at radius 1 is 1.44 bits per heavy atom. The molecule has 0 amide bonds. The smallest absolute Gasteiger partial charge is 0.189 e. The first kappa shape index (κ1) is 14.5. The second-order valence-electron chi connectivity index (χ2n) is 4.36. The lowest BCUT2D eigenvalue weighted by atomic mass is 9.99. The zero-order chi connectivity index (χ0) is 13.4. The maximum absolute atomic E-state index is 5.70. The summed E-state index contributed by atoms with van der Waals surface area (Å²) < 4.78 is 5.26. The molecule has 0 aliphatic carbocycles. The number of hydrogen-bond acceptors (Lipinski definition) is 3. The van der Waals surface area contributed by atoms with Crippen LogP contribution in [0.4, 0.5) is 0 Å². The number of nitrogens with one attached hydrogen (secondary N) is 1. The third-order valence-electron chi connectivity index (χ3n) is 2.94. The summed E-state index contributed by atoms with van der Waals surface area (Å²) >= 11 is 0. The standard InChI is InChI=1S/C13H24N4O/c1-4-7-15-13(14)16-9-11-8-12(17-18-11)10(5-2)6-3/h8,10H,4-7,9H2,1-3H3,(H3,14,15,16). The van der Waals surface area contributed by atoms with Gasteiger partial charge in [-0.05, 0) is 19.3 Å². The van der Waals surface area contributed by atoms with Crippen molar-refractivity contribution in [3.63, 3.8) is 0 Å². The van der Waals surface area contributed by atoms with Gasteiger partial charge in [0.25, 0.3) is 0 Å². The van der Waals surface area contributed by atoms with Crippen LogP contribution in [0.2, 0.25) is 0 Å². The van der Waals surface area contributed by atoms with Crippen LogP contribution in [0.25, 0.3) is 0 Å². The van der Waals surface area contributed by atoms with Gasteiger partial charge in [-0.25, -0.2) is 4.99 Å². The van der Waals surface area contributed by atoms with Crippen molar-refractivity contribution in [3.8, 4) is 0 Å². The van der Waals surface area contributed by atoms with Gasteiger partial charge in [0.05, 0.1) is 5.69 Å². The van der Waals surface area contributed by atoms with Crippen LogP contribution in [0.1, 0.15) is 57.4 Å². The molecule has 0 aliphatic rings. The van der Waals surface area contributed by atoms with E-state index >= 15 is 0 Å². The van der Waals surface area contributed by atoms with Crippen molar-refractivity contribution in [1.82, 2.24) is 10.5 Å². The lowest BCUT2D eigenvalue weighted by Gasteiger charge is -2.05. The number of nitrogens with zero attached hydrogens (tertiary/aromatic N) is 2. The number of aliphatic imine (C=N–C) groups is 1. The molecule has 1 heterocycles. The van der Waals surface area contributed by atoms with Crippen molar-refractivity contribution in [2.24, 2.45) is 10.7 Å². The fraction of sp³-hybridized carbons (Fsp3) is 0.692. The van der Waals surface area contributed by atoms with Gasteiger partial charge in [-0.2, -0.15) is 0 Å². The Morgan fingerprint density at radius 2 is 2.17 bits per heavy atom. The lowest BCUT2D eigenvalue weighted by molar-refractivity contribution is 0.372. The largest absolute Gasteiger partial charge is 0.370 e. The van der Waals surface area contributed by atoms with Gasteiger partial charge in [0.1, 0.15) is 6.54 Å². The van der Waals surface area contributed by atoms with Crippen LogP contribution >= 0.6 is 0 Å². The first-order valence-corrected chi connectivity index (χ1v) is 6.70. The molecular formula is C13H24N4O. The molecule has 0 radical (unpaired) electrons. The quantitative estimate of drug-likeness (QED) is 0.577. The number of guanidine groups is 1. The highest BCUT2D eigenvalue weighted by molar-refractivity contribution is 5.77. The zero-order valence-electron chi connectivity index (χ0n) is 11.6. The summed E-state index contributed by atoms with van der Waals surface area (Å²) in [5.41, 5.74) is 6.72. The van der Waals surface area contributed by atoms with Crippen LogP contribution in [-0.2, 0) is 6.54 Å². The molecule has 18 heavy (non-hydrogen) atoms. The summed E-state index contributed by atoms with van der Waals surface area (Å²) in [6, 6.07) is 1.98. The van der Waals surface area contributed by atoms with Gasteiger partial charge in [-0.15, -0.1) is 0 Å². The molecular weight excluding hydrogens is 228 g/mol. The average Bonchev–Trinajstić information content (AvgIpc) is 2.84. The highest BCUT2D eigenvalue weighted by Crippen LogP contribution is 2.22. The third-order valence-corrected chi connectivity index (χ3v) is 2.94. The van der Waals surface area contributed by atoms with Gasteiger partial charge in [-0.3, -0.25) is 0 Å². The van der Waals surface area contributed by atoms with E-state index in [4.69, 9.17) is 10.3 Å². The zero-order valence-corrected chi connectivity index (χ0v) is 11.6. The first-order chi connectivity index (χ1) is 8.71. The van der Waals surface area contributed by atoms with Crippen LogP contribution in [0.5, 0.6) is 0 Å². The van der Waals surface area contributed by atoms with E-state index in [0.29, 0.717) is 18.4 Å². The molecule has 0 saturated heterocycles. The molecule has 0 bridgehead atoms. The molecule has 0 aromatic carbocycles. The lowest BCUT2D eigenvalue weighted by Crippen LogP contribution is -2.32. The van der Waals surface area contributed by atoms with E-state index in [2.05, 4.69) is 36.2 Å². The van der Waals surface area contributed by atoms with Gasteiger partial charge < -0.3 is 15.6 Å². The fourth-order valence-corrected chi connectivity index (χ4v) is 1.77. The second kappa shape index (κ2) is 7.74. The van der Waals surface area contributed by atoms with E-state index in [1.54, 1.807) is 0 Å². The molecule has 102 valence electrons. The number of nitrogens with two attached hydrogens (primary N) is 1. The van der Waals surface area contributed by atoms with E-state index < -0.39 is 0 Å². The number of hydrogen-bond donors (Lipinski definition) is 2. The molecule has 1 aromatic rings. The molecule has 5 nitrogen and oxygen atoms in total. The monoisotopic (exact) mass is 252 g/mol. The van der Waals surface area contributed by atoms with Crippen molar-refractivity contribution in [1.29, 1.82) is 0 Å². The van der Waals surface area contributed by atoms with Crippen molar-refractivity contribution in [2.75, 3.05) is 6.54 Å². The maximum atomic E-state index is 5.70. The summed E-state index contributed by atoms with van der Waals surface area (Å²) in [5, 5.41) is 7.11. The predicted molar refractivity (Wildman–Crippen MR) is 73.4 cm³/mol. The molecule has 0 unspecified atom stereocenters. The van der Waals surface area contributed by atoms with Gasteiger partial charge in [0.2, 0.25) is 0 Å². The van der Waals surface area contributed by atoms with Gasteiger partial charge in [0, 0.05) is 18.5 Å². The molecule has 5 heteroatoms. The molecule has 1 aromatic heterocycles. The van der Waals surface area contributed by atoms with Crippen LogP contribution in [-0.4, -0.2) is 17.7 Å². The van der Waals surface area contributed by atoms with Crippen molar-refractivity contribution >= 4 is 5.96 Å². The van der Waals surface area contributed by atoms with Crippen LogP contribution in [0, 0.1) is 0 Å². The van der Waals surface area contributed by atoms with E-state index in [9.17, 15) is 0 Å². The Balaban J connectivity index is 2.53. The molecule has 3 N–H and O–H groups in total. The third kappa shape index (κ3) is 4.39. The van der Waals surface area contributed by atoms with Gasteiger partial charge in [-0.1, -0.05) is 25.9 Å². The maximum Gasteiger partial charge on any atom is 0.189 e. The van der Waals surface area contributed by atoms with Crippen molar-refractivity contribution in [2.45, 2.75) is 52.5 Å². The molecule has 0 spiro atoms. The fourth-order valence-electron chi connectivity index (χ4n) is 1.77. The van der Waals surface area contributed by atoms with Crippen LogP contribution in [0.3, 0.4) is 0 Å². The predicted octanol–water partition coefficient (Wildman–Crippen LogP) is 2.39. The van der Waals surface area contributed by atoms with Gasteiger partial charge in [0.15, 0.2) is 11.7 Å². The Bertz CT molecular complexity index is 369. The van der Waals surface area contributed by atoms with E-state index in [-0.39, 0.29) is 0 Å². The SMILES string of the molecule is CCCNC(N)=NCc1cc(C(CC)CC)no1. The number of aromatic nitrogens is 1. The van der Waals surface area contributed by atoms with Gasteiger partial charge >= 0.3 is 0 Å². The Labute approximate surface area is 109 Å². The second-order valence-corrected chi connectivity index (χ2v) is 4.36. The van der Waals surface area contributed by atoms with Crippen molar-refractivity contribution < 1.29 is 4.52 Å². The minimum atomic E-state index is 0.440. The summed E-state index contributed by atoms with van der Waals surface area (Å²) in [7, 11) is 0. The highest BCUT2D eigenvalue weighted by Gasteiger charge is 2.12. The van der Waals surface area contributed by atoms with E-state index in [0.717, 1.165) is 37.3 Å². The van der Waals surface area contributed by atoms with Crippen molar-refractivity contribution in [3.05, 3.63) is 17.5 Å². The minimum Gasteiger partial charge on any atom is -0.370 e. The van der Waals surface area contributed by atoms with Crippen LogP contribution in [0.15, 0.2) is 15.6 Å². The highest BCUT2D eigenvalue weighted by atomic mass is 16.5. The van der Waals surface area contributed by atoms with E-state index in [1.165, 1.54) is 0 Å². The average molecular weight is 252 g/mol. The minimum absolute atomic E-state index is 0.440. The molecule has 0 aliphatic heterocycles. The summed E-state index contributed by atoms with van der Waals surface area (Å²) in [6.45, 7) is 7.68. The Hall–Kier alpha value is -1.52. The normalized spacial score (nSPS) is 12.1. The molecule has 0 atom stereocenters. The summed E-state index contributed by atoms with van der Waals surface area (Å²) in [6.07, 6.45) is 3.18. The molecule has 0 saturated carbocycles. The Kier molecular flexibility index (Phi) is 6.25. The molecule has 0 fully saturated rings. The molecule has 1 rings (SSSR count). The van der Waals surface area contributed by atoms with E-state index in [1.807, 2.05) is 6.07 Å². The first-order valence-electron chi connectivity index (χ1n) is 6.70. The summed E-state index contributed by atoms with van der Waals surface area (Å²) in [4.78, 5) is 4.21. The Morgan fingerprint density at radius 3 is 2.78 bits per heavy atom. The summed E-state index contributed by atoms with van der Waals surface area (Å²) in [5.74, 6) is 1.69.